The van der Waals surface area contributed by atoms with Crippen LogP contribution >= 0.6 is 0 Å². The number of hydrogen-bond donors (Lipinski definition) is 0. The van der Waals surface area contributed by atoms with Gasteiger partial charge in [-0.2, -0.15) is 0 Å². The van der Waals surface area contributed by atoms with Crippen molar-refractivity contribution in [2.45, 2.75) is 0 Å². The number of rotatable bonds is 0. The minimum atomic E-state index is 0. The predicted molar refractivity (Wildman–Crippen MR) is 19.0 cm³/mol. The first kappa shape index (κ1) is 668. The minimum absolute atomic E-state index is 0. The van der Waals surface area contributed by atoms with Crippen molar-refractivity contribution in [1.29, 1.82) is 0 Å². The summed E-state index contributed by atoms with van der Waals surface area (Å²) in [6.07, 6.45) is 0. The fourth-order valence-electron chi connectivity index (χ4n) is 0. The van der Waals surface area contributed by atoms with Crippen molar-refractivity contribution >= 4 is 13.5 Å². The molecule has 6 N–H and O–H groups in total. The van der Waals surface area contributed by atoms with Crippen LogP contribution in [-0.2, 0) is 47.1 Å². The summed E-state index contributed by atoms with van der Waals surface area (Å²) in [6.45, 7) is 0. The van der Waals surface area contributed by atoms with E-state index in [2.05, 4.69) is 0 Å². The van der Waals surface area contributed by atoms with Crippen molar-refractivity contribution in [1.82, 2.24) is 0 Å². The van der Waals surface area contributed by atoms with E-state index < -0.39 is 0 Å². The van der Waals surface area contributed by atoms with E-state index in [0.717, 1.165) is 0 Å². The van der Waals surface area contributed by atoms with E-state index in [4.69, 9.17) is 0 Å². The SMILES string of the molecule is [Fe+2].[Ni+2].[OH-].[OH-].[OH-].[OH-].[OH-].[OH-].[S+2]. The van der Waals surface area contributed by atoms with Gasteiger partial charge in [-0.05, 0) is 0 Å². The zero-order valence-electron chi connectivity index (χ0n) is 3.76. The van der Waals surface area contributed by atoms with E-state index in [-0.39, 0.29) is 79.9 Å². The Kier molecular flexibility index (Phi) is 35400. The topological polar surface area (TPSA) is 180 Å². The molecule has 0 aliphatic carbocycles. The molecule has 0 unspecified atom stereocenters. The fourth-order valence-corrected chi connectivity index (χ4v) is 0. The molecule has 0 aliphatic rings. The molecule has 0 fully saturated rings. The Morgan fingerprint density at radius 2 is 0.444 bits per heavy atom. The van der Waals surface area contributed by atoms with E-state index in [9.17, 15) is 0 Å². The Labute approximate surface area is 80.1 Å². The molecule has 0 amide bonds. The third-order valence-corrected chi connectivity index (χ3v) is 0. The molecule has 9 heavy (non-hydrogen) atoms. The normalized spacial score (nSPS) is 0. The van der Waals surface area contributed by atoms with Gasteiger partial charge in [-0.1, -0.05) is 0 Å². The van der Waals surface area contributed by atoms with Gasteiger partial charge in [0.25, 0.3) is 0 Å². The van der Waals surface area contributed by atoms with Gasteiger partial charge >= 0.3 is 47.1 Å². The van der Waals surface area contributed by atoms with Crippen LogP contribution in [0.4, 0.5) is 0 Å². The van der Waals surface area contributed by atoms with Gasteiger partial charge < -0.3 is 32.9 Å². The molecule has 6 nitrogen and oxygen atoms in total. The van der Waals surface area contributed by atoms with Gasteiger partial charge in [0.2, 0.25) is 0 Å². The average molecular weight is 249 g/mol. The Balaban J connectivity index is 0. The van der Waals surface area contributed by atoms with Crippen LogP contribution in [0.2, 0.25) is 0 Å². The van der Waals surface area contributed by atoms with E-state index in [1.54, 1.807) is 0 Å². The van der Waals surface area contributed by atoms with E-state index in [0.29, 0.717) is 0 Å². The van der Waals surface area contributed by atoms with Gasteiger partial charge in [-0.3, -0.25) is 0 Å². The molecule has 0 rings (SSSR count). The van der Waals surface area contributed by atoms with Gasteiger partial charge in [-0.25, -0.2) is 0 Å². The van der Waals surface area contributed by atoms with Crippen LogP contribution in [-0.4, -0.2) is 32.9 Å². The Morgan fingerprint density at radius 1 is 0.444 bits per heavy atom. The van der Waals surface area contributed by atoms with E-state index in [1.807, 2.05) is 0 Å². The zero-order chi connectivity index (χ0) is 0. The van der Waals surface area contributed by atoms with Crippen LogP contribution in [0.5, 0.6) is 0 Å². The Bertz CT molecular complexity index is 13.0. The third-order valence-electron chi connectivity index (χ3n) is 0. The summed E-state index contributed by atoms with van der Waals surface area (Å²) >= 11 is 0. The summed E-state index contributed by atoms with van der Waals surface area (Å²) in [5.74, 6) is 0. The minimum Gasteiger partial charge on any atom is -0.870 e. The first-order valence-corrected chi connectivity index (χ1v) is 0. The summed E-state index contributed by atoms with van der Waals surface area (Å²) in [5, 5.41) is 0. The smallest absolute Gasteiger partial charge is 0.870 e. The summed E-state index contributed by atoms with van der Waals surface area (Å²) in [7, 11) is 0. The third kappa shape index (κ3) is 367. The molecule has 66 valence electrons. The molecule has 0 aromatic heterocycles. The van der Waals surface area contributed by atoms with Crippen LogP contribution in [0, 0.1) is 0 Å². The summed E-state index contributed by atoms with van der Waals surface area (Å²) < 4.78 is 0. The molecule has 4 radical (unpaired) electrons. The molecule has 0 atom stereocenters. The molecule has 0 spiro atoms. The summed E-state index contributed by atoms with van der Waals surface area (Å²) in [4.78, 5) is 0. The molecule has 0 heterocycles. The monoisotopic (exact) mass is 248 g/mol. The Hall–Kier alpha value is 1.12. The molecule has 0 saturated carbocycles. The van der Waals surface area contributed by atoms with Crippen molar-refractivity contribution in [3.8, 4) is 0 Å². The second-order valence-electron chi connectivity index (χ2n) is 0. The van der Waals surface area contributed by atoms with Crippen molar-refractivity contribution in [2.24, 2.45) is 0 Å². The molecular formula is H6FeNiO6S. The first-order valence-electron chi connectivity index (χ1n) is 0. The van der Waals surface area contributed by atoms with Gasteiger partial charge in [0.1, 0.15) is 0 Å². The van der Waals surface area contributed by atoms with Crippen LogP contribution in [0.1, 0.15) is 0 Å². The molecule has 0 bridgehead atoms. The maximum Gasteiger partial charge on any atom is 2.00 e. The van der Waals surface area contributed by atoms with Crippen LogP contribution in [0.15, 0.2) is 0 Å². The standard InChI is InChI=1S/Fe.Ni.6H2O.S/h;;6*1H2;/q2*+2;;;;;;;+2/p-6. The molecule has 0 aliphatic heterocycles. The van der Waals surface area contributed by atoms with Crippen LogP contribution < -0.4 is 0 Å². The van der Waals surface area contributed by atoms with E-state index >= 15 is 0 Å². The maximum atomic E-state index is 0. The molecular weight excluding hydrogens is 243 g/mol. The number of hydrogen-bond acceptors (Lipinski definition) is 6. The molecule has 0 saturated heterocycles. The summed E-state index contributed by atoms with van der Waals surface area (Å²) in [5.41, 5.74) is 0. The predicted octanol–water partition coefficient (Wildman–Crippen LogP) is -1.07. The van der Waals surface area contributed by atoms with Crippen LogP contribution in [0.3, 0.4) is 0 Å². The van der Waals surface area contributed by atoms with Crippen molar-refractivity contribution < 1.29 is 66.4 Å². The van der Waals surface area contributed by atoms with Gasteiger partial charge in [0.15, 0.2) is 0 Å². The van der Waals surface area contributed by atoms with Crippen molar-refractivity contribution in [2.75, 3.05) is 0 Å². The van der Waals surface area contributed by atoms with Gasteiger partial charge in [0.05, 0.1) is 0 Å². The van der Waals surface area contributed by atoms with E-state index in [1.165, 1.54) is 0 Å². The fraction of sp³-hybridized carbons (Fsp3) is 0. The van der Waals surface area contributed by atoms with Crippen molar-refractivity contribution in [3.05, 3.63) is 0 Å². The second kappa shape index (κ2) is 477. The summed E-state index contributed by atoms with van der Waals surface area (Å²) in [6, 6.07) is 0. The van der Waals surface area contributed by atoms with Crippen LogP contribution in [0.25, 0.3) is 0 Å². The second-order valence-corrected chi connectivity index (χ2v) is 0. The quantitative estimate of drug-likeness (QED) is 0.492. The van der Waals surface area contributed by atoms with Gasteiger partial charge in [-0.15, -0.1) is 0 Å². The zero-order valence-corrected chi connectivity index (χ0v) is 6.67. The largest absolute Gasteiger partial charge is 2.00 e. The molecule has 9 heteroatoms. The maximum absolute atomic E-state index is 0. The van der Waals surface area contributed by atoms with Crippen molar-refractivity contribution in [3.63, 3.8) is 0 Å². The first-order chi connectivity index (χ1) is 0. The molecule has 0 aromatic rings. The molecule has 0 aromatic carbocycles. The Morgan fingerprint density at radius 3 is 0.444 bits per heavy atom. The average Bonchev–Trinajstić information content (AvgIpc) is 0. The van der Waals surface area contributed by atoms with Gasteiger partial charge in [0, 0.05) is 0 Å².